The number of oxime groups is 1. The Morgan fingerprint density at radius 3 is 2.53 bits per heavy atom. The molecular formula is C12H17N3O3S. The van der Waals surface area contributed by atoms with Gasteiger partial charge >= 0.3 is 0 Å². The lowest BCUT2D eigenvalue weighted by Crippen LogP contribution is -2.40. The molecule has 0 unspecified atom stereocenters. The second kappa shape index (κ2) is 5.08. The summed E-state index contributed by atoms with van der Waals surface area (Å²) < 4.78 is 22.8. The highest BCUT2D eigenvalue weighted by atomic mass is 32.2. The molecule has 0 radical (unpaired) electrons. The average Bonchev–Trinajstić information content (AvgIpc) is 2.37. The van der Waals surface area contributed by atoms with Crippen LogP contribution in [-0.4, -0.2) is 44.1 Å². The third-order valence-electron chi connectivity index (χ3n) is 3.30. The molecule has 3 N–H and O–H groups in total. The Hall–Kier alpha value is -1.76. The zero-order chi connectivity index (χ0) is 14.0. The van der Waals surface area contributed by atoms with Crippen LogP contribution in [0.2, 0.25) is 0 Å². The first-order valence-corrected chi connectivity index (χ1v) is 7.79. The highest BCUT2D eigenvalue weighted by Crippen LogP contribution is 2.21. The molecular weight excluding hydrogens is 266 g/mol. The summed E-state index contributed by atoms with van der Waals surface area (Å²) in [5.41, 5.74) is 8.09. The number of aryl methyl sites for hydroxylation is 1. The molecule has 0 bridgehead atoms. The SMILES string of the molecule is Cc1cc(N2CCS(=O)(=O)CC2)ccc1/C(N)=N/O. The minimum atomic E-state index is -2.87. The van der Waals surface area contributed by atoms with Crippen LogP contribution < -0.4 is 10.6 Å². The second-order valence-electron chi connectivity index (χ2n) is 4.62. The summed E-state index contributed by atoms with van der Waals surface area (Å²) >= 11 is 0. The van der Waals surface area contributed by atoms with Gasteiger partial charge in [-0.15, -0.1) is 0 Å². The summed E-state index contributed by atoms with van der Waals surface area (Å²) in [6, 6.07) is 5.56. The molecule has 0 amide bonds. The minimum Gasteiger partial charge on any atom is -0.409 e. The summed E-state index contributed by atoms with van der Waals surface area (Å²) in [7, 11) is -2.87. The van der Waals surface area contributed by atoms with Gasteiger partial charge in [0.2, 0.25) is 0 Å². The molecule has 19 heavy (non-hydrogen) atoms. The lowest BCUT2D eigenvalue weighted by Gasteiger charge is -2.29. The van der Waals surface area contributed by atoms with Crippen LogP contribution >= 0.6 is 0 Å². The Bertz CT molecular complexity index is 597. The van der Waals surface area contributed by atoms with Crippen LogP contribution in [0.3, 0.4) is 0 Å². The summed E-state index contributed by atoms with van der Waals surface area (Å²) in [4.78, 5) is 2.03. The van der Waals surface area contributed by atoms with Crippen molar-refractivity contribution in [2.75, 3.05) is 29.5 Å². The molecule has 104 valence electrons. The van der Waals surface area contributed by atoms with Crippen LogP contribution in [0.15, 0.2) is 23.4 Å². The summed E-state index contributed by atoms with van der Waals surface area (Å²) in [6.45, 7) is 2.88. The fourth-order valence-electron chi connectivity index (χ4n) is 2.16. The molecule has 1 fully saturated rings. The van der Waals surface area contributed by atoms with Crippen LogP contribution in [0.1, 0.15) is 11.1 Å². The van der Waals surface area contributed by atoms with Gasteiger partial charge in [-0.3, -0.25) is 0 Å². The third kappa shape index (κ3) is 2.98. The van der Waals surface area contributed by atoms with E-state index in [4.69, 9.17) is 10.9 Å². The summed E-state index contributed by atoms with van der Waals surface area (Å²) in [5, 5.41) is 11.7. The third-order valence-corrected chi connectivity index (χ3v) is 4.91. The number of rotatable bonds is 2. The largest absolute Gasteiger partial charge is 0.409 e. The zero-order valence-corrected chi connectivity index (χ0v) is 11.5. The lowest BCUT2D eigenvalue weighted by molar-refractivity contribution is 0.318. The highest BCUT2D eigenvalue weighted by Gasteiger charge is 2.22. The lowest BCUT2D eigenvalue weighted by atomic mass is 10.1. The van der Waals surface area contributed by atoms with Gasteiger partial charge in [0.15, 0.2) is 15.7 Å². The van der Waals surface area contributed by atoms with Crippen LogP contribution in [-0.2, 0) is 9.84 Å². The fourth-order valence-corrected chi connectivity index (χ4v) is 3.36. The molecule has 1 aliphatic heterocycles. The van der Waals surface area contributed by atoms with Gasteiger partial charge in [-0.1, -0.05) is 5.16 Å². The van der Waals surface area contributed by atoms with E-state index in [0.717, 1.165) is 11.3 Å². The molecule has 6 nitrogen and oxygen atoms in total. The Morgan fingerprint density at radius 2 is 2.00 bits per heavy atom. The second-order valence-corrected chi connectivity index (χ2v) is 6.93. The van der Waals surface area contributed by atoms with E-state index >= 15 is 0 Å². The van der Waals surface area contributed by atoms with Crippen LogP contribution in [0.25, 0.3) is 0 Å². The highest BCUT2D eigenvalue weighted by molar-refractivity contribution is 7.91. The number of amidine groups is 1. The molecule has 7 heteroatoms. The van der Waals surface area contributed by atoms with Crippen LogP contribution in [0.5, 0.6) is 0 Å². The molecule has 0 aromatic heterocycles. The van der Waals surface area contributed by atoms with Crippen molar-refractivity contribution in [3.63, 3.8) is 0 Å². The van der Waals surface area contributed by atoms with Crippen molar-refractivity contribution in [1.82, 2.24) is 0 Å². The first-order chi connectivity index (χ1) is 8.93. The number of hydrogen-bond donors (Lipinski definition) is 2. The van der Waals surface area contributed by atoms with E-state index in [1.807, 2.05) is 24.0 Å². The van der Waals surface area contributed by atoms with Gasteiger partial charge in [-0.25, -0.2) is 8.42 Å². The Balaban J connectivity index is 2.22. The number of sulfone groups is 1. The van der Waals surface area contributed by atoms with Crippen molar-refractivity contribution in [2.24, 2.45) is 10.9 Å². The number of benzene rings is 1. The van der Waals surface area contributed by atoms with Crippen molar-refractivity contribution >= 4 is 21.4 Å². The summed E-state index contributed by atoms with van der Waals surface area (Å²) in [6.07, 6.45) is 0. The average molecular weight is 283 g/mol. The molecule has 0 aliphatic carbocycles. The van der Waals surface area contributed by atoms with Crippen LogP contribution in [0.4, 0.5) is 5.69 Å². The maximum atomic E-state index is 11.4. The van der Waals surface area contributed by atoms with E-state index in [2.05, 4.69) is 5.16 Å². The predicted octanol–water partition coefficient (Wildman–Crippen LogP) is 0.324. The topological polar surface area (TPSA) is 96.0 Å². The molecule has 1 aromatic carbocycles. The first-order valence-electron chi connectivity index (χ1n) is 5.97. The van der Waals surface area contributed by atoms with Gasteiger partial charge in [-0.05, 0) is 30.7 Å². The predicted molar refractivity (Wildman–Crippen MR) is 74.6 cm³/mol. The molecule has 1 aromatic rings. The van der Waals surface area contributed by atoms with Gasteiger partial charge in [0, 0.05) is 24.3 Å². The molecule has 2 rings (SSSR count). The monoisotopic (exact) mass is 283 g/mol. The molecule has 1 aliphatic rings. The fraction of sp³-hybridized carbons (Fsp3) is 0.417. The minimum absolute atomic E-state index is 0.0743. The molecule has 1 heterocycles. The van der Waals surface area contributed by atoms with E-state index < -0.39 is 9.84 Å². The number of nitrogens with zero attached hydrogens (tertiary/aromatic N) is 2. The van der Waals surface area contributed by atoms with E-state index in [-0.39, 0.29) is 17.3 Å². The molecule has 0 spiro atoms. The van der Waals surface area contributed by atoms with E-state index in [1.54, 1.807) is 6.07 Å². The van der Waals surface area contributed by atoms with Crippen molar-refractivity contribution in [2.45, 2.75) is 6.92 Å². The smallest absolute Gasteiger partial charge is 0.170 e. The van der Waals surface area contributed by atoms with Crippen molar-refractivity contribution in [3.8, 4) is 0 Å². The van der Waals surface area contributed by atoms with Crippen molar-refractivity contribution < 1.29 is 13.6 Å². The van der Waals surface area contributed by atoms with Gasteiger partial charge in [0.1, 0.15) is 0 Å². The molecule has 0 saturated carbocycles. The van der Waals surface area contributed by atoms with Crippen molar-refractivity contribution in [1.29, 1.82) is 0 Å². The Labute approximate surface area is 112 Å². The zero-order valence-electron chi connectivity index (χ0n) is 10.7. The van der Waals surface area contributed by atoms with E-state index in [0.29, 0.717) is 18.7 Å². The van der Waals surface area contributed by atoms with Gasteiger partial charge < -0.3 is 15.8 Å². The standard InChI is InChI=1S/C12H17N3O3S/c1-9-8-10(2-3-11(9)12(13)14-16)15-4-6-19(17,18)7-5-15/h2-3,8,16H,4-7H2,1H3,(H2,13,14). The number of nitrogens with two attached hydrogens (primary N) is 1. The summed E-state index contributed by atoms with van der Waals surface area (Å²) in [5.74, 6) is 0.451. The Kier molecular flexibility index (Phi) is 3.66. The van der Waals surface area contributed by atoms with Gasteiger partial charge in [0.05, 0.1) is 11.5 Å². The normalized spacial score (nSPS) is 19.4. The Morgan fingerprint density at radius 1 is 1.37 bits per heavy atom. The van der Waals surface area contributed by atoms with E-state index in [1.165, 1.54) is 0 Å². The maximum absolute atomic E-state index is 11.4. The number of hydrogen-bond acceptors (Lipinski definition) is 5. The van der Waals surface area contributed by atoms with E-state index in [9.17, 15) is 8.42 Å². The molecule has 0 atom stereocenters. The quantitative estimate of drug-likeness (QED) is 0.353. The molecule has 1 saturated heterocycles. The van der Waals surface area contributed by atoms with Crippen molar-refractivity contribution in [3.05, 3.63) is 29.3 Å². The maximum Gasteiger partial charge on any atom is 0.170 e. The van der Waals surface area contributed by atoms with Crippen LogP contribution in [0, 0.1) is 6.92 Å². The first kappa shape index (κ1) is 13.7. The van der Waals surface area contributed by atoms with Gasteiger partial charge in [0.25, 0.3) is 0 Å². The number of anilines is 1. The van der Waals surface area contributed by atoms with Gasteiger partial charge in [-0.2, -0.15) is 0 Å².